The lowest BCUT2D eigenvalue weighted by Gasteiger charge is -2.24. The number of benzene rings is 1. The normalized spacial score (nSPS) is 28.0. The van der Waals surface area contributed by atoms with Crippen molar-refractivity contribution in [3.63, 3.8) is 0 Å². The molecular weight excluding hydrogens is 238 g/mol. The maximum absolute atomic E-state index is 12.7. The number of anilines is 1. The summed E-state index contributed by atoms with van der Waals surface area (Å²) in [6.07, 6.45) is 3.73. The molecule has 1 amide bonds. The highest BCUT2D eigenvalue weighted by Gasteiger charge is 2.57. The van der Waals surface area contributed by atoms with E-state index < -0.39 is 0 Å². The van der Waals surface area contributed by atoms with Crippen LogP contribution in [0.2, 0.25) is 0 Å². The minimum absolute atomic E-state index is 0.225. The van der Waals surface area contributed by atoms with Crippen LogP contribution in [0.3, 0.4) is 0 Å². The predicted octanol–water partition coefficient (Wildman–Crippen LogP) is 3.10. The van der Waals surface area contributed by atoms with Gasteiger partial charge in [0.05, 0.1) is 5.69 Å². The van der Waals surface area contributed by atoms with Gasteiger partial charge >= 0.3 is 0 Å². The fraction of sp³-hybridized carbons (Fsp3) is 0.562. The molecule has 3 nitrogen and oxygen atoms in total. The first-order chi connectivity index (χ1) is 9.13. The van der Waals surface area contributed by atoms with Gasteiger partial charge in [-0.1, -0.05) is 12.5 Å². The fourth-order valence-corrected chi connectivity index (χ4v) is 3.70. The highest BCUT2D eigenvalue weighted by Crippen LogP contribution is 2.58. The Labute approximate surface area is 114 Å². The fourth-order valence-electron chi connectivity index (χ4n) is 3.70. The largest absolute Gasteiger partial charge is 0.508 e. The van der Waals surface area contributed by atoms with Gasteiger partial charge in [-0.2, -0.15) is 0 Å². The quantitative estimate of drug-likeness (QED) is 0.906. The molecule has 0 saturated heterocycles. The van der Waals surface area contributed by atoms with E-state index in [1.807, 2.05) is 24.8 Å². The maximum Gasteiger partial charge on any atom is 0.230 e. The topological polar surface area (TPSA) is 40.5 Å². The van der Waals surface area contributed by atoms with E-state index in [-0.39, 0.29) is 17.6 Å². The number of hydrogen-bond donors (Lipinski definition) is 1. The maximum atomic E-state index is 12.7. The van der Waals surface area contributed by atoms with Crippen LogP contribution in [0.25, 0.3) is 0 Å². The molecule has 2 saturated carbocycles. The Hall–Kier alpha value is -1.51. The van der Waals surface area contributed by atoms with Crippen molar-refractivity contribution in [2.75, 3.05) is 11.4 Å². The molecule has 2 aliphatic carbocycles. The van der Waals surface area contributed by atoms with Crippen LogP contribution in [-0.2, 0) is 4.79 Å². The number of hydrogen-bond acceptors (Lipinski definition) is 2. The van der Waals surface area contributed by atoms with E-state index in [0.29, 0.717) is 18.4 Å². The van der Waals surface area contributed by atoms with E-state index in [4.69, 9.17) is 0 Å². The molecule has 0 heterocycles. The van der Waals surface area contributed by atoms with Gasteiger partial charge in [0.2, 0.25) is 5.91 Å². The number of phenols is 1. The third-order valence-electron chi connectivity index (χ3n) is 4.76. The van der Waals surface area contributed by atoms with Crippen LogP contribution in [0.5, 0.6) is 5.75 Å². The van der Waals surface area contributed by atoms with Gasteiger partial charge in [-0.15, -0.1) is 0 Å². The molecule has 1 aromatic carbocycles. The molecule has 2 atom stereocenters. The third-order valence-corrected chi connectivity index (χ3v) is 4.76. The Morgan fingerprint density at radius 3 is 2.68 bits per heavy atom. The van der Waals surface area contributed by atoms with E-state index in [1.54, 1.807) is 12.1 Å². The zero-order valence-electron chi connectivity index (χ0n) is 11.6. The molecular formula is C16H21NO2. The first-order valence-corrected chi connectivity index (χ1v) is 7.24. The van der Waals surface area contributed by atoms with Crippen LogP contribution >= 0.6 is 0 Å². The zero-order valence-corrected chi connectivity index (χ0v) is 11.6. The smallest absolute Gasteiger partial charge is 0.230 e. The summed E-state index contributed by atoms with van der Waals surface area (Å²) in [7, 11) is 0. The SMILES string of the molecule is CCN(C(=O)C1C2CCCC21)c1cc(O)ccc1C. The number of carbonyl (C=O) groups is 1. The number of aromatic hydroxyl groups is 1. The van der Waals surface area contributed by atoms with Crippen molar-refractivity contribution in [1.29, 1.82) is 0 Å². The summed E-state index contributed by atoms with van der Waals surface area (Å²) < 4.78 is 0. The van der Waals surface area contributed by atoms with E-state index in [1.165, 1.54) is 19.3 Å². The molecule has 2 aliphatic rings. The lowest BCUT2D eigenvalue weighted by atomic mass is 10.1. The van der Waals surface area contributed by atoms with Crippen molar-refractivity contribution < 1.29 is 9.90 Å². The van der Waals surface area contributed by atoms with Crippen molar-refractivity contribution in [2.24, 2.45) is 17.8 Å². The number of fused-ring (bicyclic) bond motifs is 1. The number of amides is 1. The third kappa shape index (κ3) is 2.01. The Morgan fingerprint density at radius 1 is 1.37 bits per heavy atom. The molecule has 102 valence electrons. The molecule has 3 rings (SSSR count). The zero-order chi connectivity index (χ0) is 13.6. The van der Waals surface area contributed by atoms with Gasteiger partial charge in [0.1, 0.15) is 5.75 Å². The van der Waals surface area contributed by atoms with Crippen LogP contribution in [0.15, 0.2) is 18.2 Å². The molecule has 2 unspecified atom stereocenters. The average Bonchev–Trinajstić information content (AvgIpc) is 2.87. The van der Waals surface area contributed by atoms with Crippen LogP contribution in [0, 0.1) is 24.7 Å². The molecule has 0 spiro atoms. The van der Waals surface area contributed by atoms with Crippen molar-refractivity contribution >= 4 is 11.6 Å². The van der Waals surface area contributed by atoms with Crippen molar-refractivity contribution in [2.45, 2.75) is 33.1 Å². The molecule has 1 N–H and O–H groups in total. The molecule has 19 heavy (non-hydrogen) atoms. The second-order valence-corrected chi connectivity index (χ2v) is 5.84. The van der Waals surface area contributed by atoms with Gasteiger partial charge in [0.25, 0.3) is 0 Å². The Bertz CT molecular complexity index is 501. The minimum Gasteiger partial charge on any atom is -0.508 e. The summed E-state index contributed by atoms with van der Waals surface area (Å²) in [6.45, 7) is 4.65. The summed E-state index contributed by atoms with van der Waals surface area (Å²) in [4.78, 5) is 14.5. The average molecular weight is 259 g/mol. The lowest BCUT2D eigenvalue weighted by Crippen LogP contribution is -2.33. The summed E-state index contributed by atoms with van der Waals surface area (Å²) in [5.74, 6) is 2.00. The second-order valence-electron chi connectivity index (χ2n) is 5.84. The predicted molar refractivity (Wildman–Crippen MR) is 75.2 cm³/mol. The van der Waals surface area contributed by atoms with Gasteiger partial charge < -0.3 is 10.0 Å². The number of aryl methyl sites for hydroxylation is 1. The molecule has 0 aromatic heterocycles. The van der Waals surface area contributed by atoms with Crippen molar-refractivity contribution in [3.8, 4) is 5.75 Å². The molecule has 0 aliphatic heterocycles. The highest BCUT2D eigenvalue weighted by molar-refractivity contribution is 5.98. The first kappa shape index (κ1) is 12.5. The second kappa shape index (κ2) is 4.55. The van der Waals surface area contributed by atoms with Crippen LogP contribution in [-0.4, -0.2) is 17.6 Å². The van der Waals surface area contributed by atoms with Gasteiger partial charge in [-0.3, -0.25) is 4.79 Å². The summed E-state index contributed by atoms with van der Waals surface area (Å²) in [6, 6.07) is 5.24. The Morgan fingerprint density at radius 2 is 2.05 bits per heavy atom. The van der Waals surface area contributed by atoms with Crippen molar-refractivity contribution in [3.05, 3.63) is 23.8 Å². The standard InChI is InChI=1S/C16H21NO2/c1-3-17(14-9-11(18)8-7-10(14)2)16(19)15-12-5-4-6-13(12)15/h7-9,12-13,15,18H,3-6H2,1-2H3. The number of rotatable bonds is 3. The van der Waals surface area contributed by atoms with E-state index in [9.17, 15) is 9.90 Å². The van der Waals surface area contributed by atoms with E-state index in [0.717, 1.165) is 11.3 Å². The lowest BCUT2D eigenvalue weighted by molar-refractivity contribution is -0.120. The summed E-state index contributed by atoms with van der Waals surface area (Å²) >= 11 is 0. The first-order valence-electron chi connectivity index (χ1n) is 7.24. The number of nitrogens with zero attached hydrogens (tertiary/aromatic N) is 1. The van der Waals surface area contributed by atoms with Crippen LogP contribution in [0.1, 0.15) is 31.7 Å². The van der Waals surface area contributed by atoms with E-state index in [2.05, 4.69) is 0 Å². The number of phenolic OH excluding ortho intramolecular Hbond substituents is 1. The van der Waals surface area contributed by atoms with Crippen LogP contribution < -0.4 is 4.90 Å². The van der Waals surface area contributed by atoms with Crippen molar-refractivity contribution in [1.82, 2.24) is 0 Å². The van der Waals surface area contributed by atoms with Crippen LogP contribution in [0.4, 0.5) is 5.69 Å². The van der Waals surface area contributed by atoms with Gasteiger partial charge in [-0.05, 0) is 50.2 Å². The van der Waals surface area contributed by atoms with Gasteiger partial charge in [0, 0.05) is 18.5 Å². The molecule has 0 radical (unpaired) electrons. The number of carbonyl (C=O) groups excluding carboxylic acids is 1. The van der Waals surface area contributed by atoms with E-state index >= 15 is 0 Å². The summed E-state index contributed by atoms with van der Waals surface area (Å²) in [5, 5.41) is 9.64. The minimum atomic E-state index is 0.225. The van der Waals surface area contributed by atoms with Gasteiger partial charge in [0.15, 0.2) is 0 Å². The van der Waals surface area contributed by atoms with Gasteiger partial charge in [-0.25, -0.2) is 0 Å². The molecule has 0 bridgehead atoms. The monoisotopic (exact) mass is 259 g/mol. The highest BCUT2D eigenvalue weighted by atomic mass is 16.3. The molecule has 3 heteroatoms. The molecule has 1 aromatic rings. The molecule has 2 fully saturated rings. The Kier molecular flexibility index (Phi) is 3.00. The Balaban J connectivity index is 1.84. The summed E-state index contributed by atoms with van der Waals surface area (Å²) in [5.41, 5.74) is 1.90.